The van der Waals surface area contributed by atoms with Gasteiger partial charge in [-0.2, -0.15) is 0 Å². The number of carboxylic acid groups (broad SMARTS) is 1. The molecule has 0 aromatic rings. The summed E-state index contributed by atoms with van der Waals surface area (Å²) in [6, 6.07) is -0.331. The molecule has 0 aliphatic carbocycles. The Bertz CT molecular complexity index is 213. The van der Waals surface area contributed by atoms with Gasteiger partial charge in [0.1, 0.15) is 6.10 Å². The first-order chi connectivity index (χ1) is 5.70. The second-order valence-corrected chi connectivity index (χ2v) is 3.19. The molecule has 0 saturated carbocycles. The predicted octanol–water partition coefficient (Wildman–Crippen LogP) is -0.502. The van der Waals surface area contributed by atoms with Gasteiger partial charge in [0, 0.05) is 6.54 Å². The summed E-state index contributed by atoms with van der Waals surface area (Å²) >= 11 is 0. The molecule has 6 heteroatoms. The molecule has 5 nitrogen and oxygen atoms in total. The minimum absolute atomic E-state index is 0. The van der Waals surface area contributed by atoms with Crippen molar-refractivity contribution in [1.29, 1.82) is 0 Å². The van der Waals surface area contributed by atoms with E-state index in [4.69, 9.17) is 9.84 Å². The summed E-state index contributed by atoms with van der Waals surface area (Å²) in [6.45, 7) is 0.737. The van der Waals surface area contributed by atoms with Gasteiger partial charge in [-0.1, -0.05) is 0 Å². The van der Waals surface area contributed by atoms with E-state index in [1.165, 1.54) is 4.90 Å². The average molecular weight is 430 g/mol. The number of fused-ring (bicyclic) bond motifs is 1. The average Bonchev–Trinajstić information content (AvgIpc) is 2.53. The van der Waals surface area contributed by atoms with Gasteiger partial charge in [0.2, 0.25) is 0 Å². The molecule has 0 aromatic heterocycles. The minimum Gasteiger partial charge on any atom is -0.465 e. The van der Waals surface area contributed by atoms with Crippen molar-refractivity contribution in [2.24, 2.45) is 0 Å². The molecule has 2 N–H and O–H groups in total. The Morgan fingerprint density at radius 1 is 1.54 bits per heavy atom. The molecule has 0 bridgehead atoms. The Labute approximate surface area is 69.5 Å². The molecule has 0 unspecified atom stereocenters. The third-order valence-corrected chi connectivity index (χ3v) is 2.52. The zero-order chi connectivity index (χ0) is 8.72. The molecular formula is C7H11FmNO4. The fourth-order valence-electron chi connectivity index (χ4n) is 1.97. The molecule has 0 spiro atoms. The van der Waals surface area contributed by atoms with Gasteiger partial charge in [0.15, 0.2) is 0 Å². The summed E-state index contributed by atoms with van der Waals surface area (Å²) in [5.41, 5.74) is 0. The molecular weight excluding hydrogens is 419 g/mol. The molecule has 1 amide bonds. The minimum atomic E-state index is -0.966. The van der Waals surface area contributed by atoms with Crippen LogP contribution < -0.4 is 0 Å². The van der Waals surface area contributed by atoms with Crippen LogP contribution in [0.4, 0.5) is 4.79 Å². The first-order valence-electron chi connectivity index (χ1n) is 3.99. The van der Waals surface area contributed by atoms with Crippen LogP contribution >= 0.6 is 0 Å². The Morgan fingerprint density at radius 2 is 2.23 bits per heavy atom. The molecule has 2 heterocycles. The van der Waals surface area contributed by atoms with Crippen molar-refractivity contribution >= 4 is 6.09 Å². The van der Waals surface area contributed by atoms with Gasteiger partial charge in [-0.25, -0.2) is 4.79 Å². The molecule has 13 heavy (non-hydrogen) atoms. The van der Waals surface area contributed by atoms with Crippen molar-refractivity contribution in [1.82, 2.24) is 4.90 Å². The molecule has 2 aliphatic rings. The van der Waals surface area contributed by atoms with Crippen molar-refractivity contribution in [3.05, 3.63) is 0 Å². The van der Waals surface area contributed by atoms with Crippen molar-refractivity contribution < 1.29 is 19.7 Å². The molecule has 3 atom stereocenters. The van der Waals surface area contributed by atoms with Crippen molar-refractivity contribution in [3.8, 4) is 0 Å². The first kappa shape index (κ1) is 9.28. The van der Waals surface area contributed by atoms with Crippen LogP contribution in [0.2, 0.25) is 0 Å². The number of ether oxygens (including phenoxy) is 1. The van der Waals surface area contributed by atoms with Crippen LogP contribution in [0.5, 0.6) is 0 Å². The standard InChI is InChI=1S/C7H11NO4.Fm/c9-4-3-12-5-1-2-8(6(4)5)7(10)11;/h4-6,9H,1-3H2,(H,10,11);/t4-,5+,6+;/m0./s1. The van der Waals surface area contributed by atoms with Gasteiger partial charge >= 0.3 is 6.09 Å². The number of rotatable bonds is 0. The van der Waals surface area contributed by atoms with E-state index in [1.807, 2.05) is 0 Å². The Hall–Kier alpha value is -1.81. The largest absolute Gasteiger partial charge is 0.465 e. The maximum absolute atomic E-state index is 10.6. The van der Waals surface area contributed by atoms with Gasteiger partial charge in [-0.3, -0.25) is 4.90 Å². The summed E-state index contributed by atoms with van der Waals surface area (Å²) in [6.07, 6.45) is -0.995. The molecule has 80 valence electrons. The second kappa shape index (κ2) is 2.91. The van der Waals surface area contributed by atoms with Gasteiger partial charge in [0.05, 0.1) is 18.8 Å². The summed E-state index contributed by atoms with van der Waals surface area (Å²) < 4.78 is 5.21. The van der Waals surface area contributed by atoms with E-state index in [-0.39, 0.29) is 18.8 Å². The van der Waals surface area contributed by atoms with E-state index in [2.05, 4.69) is 0 Å². The third-order valence-electron chi connectivity index (χ3n) is 2.52. The fourth-order valence-corrected chi connectivity index (χ4v) is 1.97. The normalized spacial score (nSPS) is 37.0. The smallest absolute Gasteiger partial charge is 0.407 e. The quantitative estimate of drug-likeness (QED) is 0.544. The van der Waals surface area contributed by atoms with E-state index in [9.17, 15) is 9.90 Å². The first-order valence-corrected chi connectivity index (χ1v) is 3.99. The monoisotopic (exact) mass is 430 g/mol. The number of aliphatic hydroxyl groups is 1. The van der Waals surface area contributed by atoms with E-state index in [1.54, 1.807) is 0 Å². The van der Waals surface area contributed by atoms with E-state index in [0.717, 1.165) is 0 Å². The van der Waals surface area contributed by atoms with Crippen LogP contribution in [0.3, 0.4) is 0 Å². The zero-order valence-electron chi connectivity index (χ0n) is 6.80. The van der Waals surface area contributed by atoms with Gasteiger partial charge in [-0.05, 0) is 6.42 Å². The molecule has 2 saturated heterocycles. The van der Waals surface area contributed by atoms with Crippen LogP contribution in [0.25, 0.3) is 0 Å². The topological polar surface area (TPSA) is 70.0 Å². The summed E-state index contributed by atoms with van der Waals surface area (Å²) in [5.74, 6) is 0. The molecule has 0 radical (unpaired) electrons. The van der Waals surface area contributed by atoms with Gasteiger partial charge < -0.3 is 14.9 Å². The molecule has 2 rings (SSSR count). The number of nitrogens with zero attached hydrogens (tertiary/aromatic N) is 1. The fraction of sp³-hybridized carbons (Fsp3) is 0.857. The van der Waals surface area contributed by atoms with Gasteiger partial charge in [0.25, 0.3) is 0 Å². The van der Waals surface area contributed by atoms with E-state index in [0.29, 0.717) is 13.0 Å². The van der Waals surface area contributed by atoms with Gasteiger partial charge in [-0.15, -0.1) is 0 Å². The molecule has 2 fully saturated rings. The summed E-state index contributed by atoms with van der Waals surface area (Å²) in [5, 5.41) is 18.1. The Morgan fingerprint density at radius 3 is 2.85 bits per heavy atom. The van der Waals surface area contributed by atoms with Crippen LogP contribution in [0, 0.1) is 0 Å². The number of hydrogen-bond donors (Lipinski definition) is 2. The summed E-state index contributed by atoms with van der Waals surface area (Å²) in [4.78, 5) is 11.9. The van der Waals surface area contributed by atoms with Crippen molar-refractivity contribution in [2.45, 2.75) is 24.7 Å². The number of aliphatic hydroxyl groups excluding tert-OH is 1. The van der Waals surface area contributed by atoms with Crippen molar-refractivity contribution in [2.75, 3.05) is 13.2 Å². The number of hydrogen-bond acceptors (Lipinski definition) is 3. The van der Waals surface area contributed by atoms with E-state index < -0.39 is 12.2 Å². The van der Waals surface area contributed by atoms with Crippen LogP contribution in [-0.4, -0.2) is 52.6 Å². The maximum Gasteiger partial charge on any atom is 0.407 e. The number of likely N-dealkylation sites (tertiary alicyclic amines) is 1. The van der Waals surface area contributed by atoms with Crippen LogP contribution in [-0.2, 0) is 4.74 Å². The predicted molar refractivity (Wildman–Crippen MR) is 38.9 cm³/mol. The molecule has 0 aromatic carbocycles. The maximum atomic E-state index is 10.6. The third kappa shape index (κ3) is 1.17. The van der Waals surface area contributed by atoms with Crippen molar-refractivity contribution in [3.63, 3.8) is 0 Å². The Balaban J connectivity index is 0.000000845. The molecule has 2 aliphatic heterocycles. The SMILES string of the molecule is O=C(O)N1CC[C@H]2OC[C@H](O)[C@H]21.[Fm]. The van der Waals surface area contributed by atoms with Crippen LogP contribution in [0.1, 0.15) is 6.42 Å². The summed E-state index contributed by atoms with van der Waals surface area (Å²) in [7, 11) is 0. The number of carbonyl (C=O) groups is 1. The van der Waals surface area contributed by atoms with E-state index >= 15 is 0 Å². The number of amides is 1. The van der Waals surface area contributed by atoms with Crippen LogP contribution in [0.15, 0.2) is 0 Å². The Kier molecular flexibility index (Phi) is 2.08. The zero-order valence-corrected chi connectivity index (χ0v) is 9.20. The second-order valence-electron chi connectivity index (χ2n) is 3.19.